The van der Waals surface area contributed by atoms with Crippen molar-refractivity contribution >= 4 is 34.2 Å². The van der Waals surface area contributed by atoms with Crippen LogP contribution in [-0.2, 0) is 0 Å². The number of carbonyl (C=O) groups excluding carboxylic acids is 1. The summed E-state index contributed by atoms with van der Waals surface area (Å²) in [6.07, 6.45) is 0. The average molecular weight is 369 g/mol. The van der Waals surface area contributed by atoms with Crippen molar-refractivity contribution in [3.8, 4) is 0 Å². The van der Waals surface area contributed by atoms with Gasteiger partial charge in [0.2, 0.25) is 0 Å². The average Bonchev–Trinajstić information content (AvgIpc) is 2.98. The highest BCUT2D eigenvalue weighted by molar-refractivity contribution is 6.30. The van der Waals surface area contributed by atoms with Gasteiger partial charge in [-0.2, -0.15) is 0 Å². The molecule has 1 amide bonds. The Morgan fingerprint density at radius 1 is 1.00 bits per heavy atom. The van der Waals surface area contributed by atoms with Gasteiger partial charge >= 0.3 is 0 Å². The molecule has 4 nitrogen and oxygen atoms in total. The zero-order chi connectivity index (χ0) is 18.3. The van der Waals surface area contributed by atoms with Gasteiger partial charge in [-0.15, -0.1) is 0 Å². The Labute approximate surface area is 157 Å². The highest BCUT2D eigenvalue weighted by Gasteiger charge is 2.26. The number of nitrogens with zero attached hydrogens (tertiary/aromatic N) is 2. The Morgan fingerprint density at radius 3 is 2.38 bits per heavy atom. The van der Waals surface area contributed by atoms with Crippen LogP contribution >= 0.6 is 11.6 Å². The van der Waals surface area contributed by atoms with Crippen LogP contribution in [0.5, 0.6) is 0 Å². The van der Waals surface area contributed by atoms with Crippen LogP contribution in [0.2, 0.25) is 5.02 Å². The van der Waals surface area contributed by atoms with Crippen LogP contribution < -0.4 is 4.90 Å². The molecule has 134 valence electrons. The van der Waals surface area contributed by atoms with Crippen molar-refractivity contribution < 1.29 is 9.21 Å². The quantitative estimate of drug-likeness (QED) is 0.659. The second kappa shape index (κ2) is 6.69. The van der Waals surface area contributed by atoms with Crippen molar-refractivity contribution in [2.75, 3.05) is 31.1 Å². The molecule has 0 aliphatic carbocycles. The third-order valence-corrected chi connectivity index (χ3v) is 5.30. The fraction of sp³-hybridized carbons (Fsp3) is 0.286. The zero-order valence-corrected chi connectivity index (χ0v) is 15.7. The maximum absolute atomic E-state index is 13.0. The molecule has 0 N–H and O–H groups in total. The van der Waals surface area contributed by atoms with Crippen LogP contribution in [0, 0.1) is 13.8 Å². The second-order valence-corrected chi connectivity index (χ2v) is 7.25. The Hall–Kier alpha value is -2.46. The number of benzene rings is 2. The molecule has 1 fully saturated rings. The van der Waals surface area contributed by atoms with E-state index in [0.717, 1.165) is 45.9 Å². The third-order valence-electron chi connectivity index (χ3n) is 5.05. The van der Waals surface area contributed by atoms with E-state index in [2.05, 4.69) is 4.90 Å². The SMILES string of the molecule is Cc1ccc2c(C)c(C(=O)N3CCN(c4ccc(Cl)cc4)CC3)oc2c1. The predicted molar refractivity (Wildman–Crippen MR) is 105 cm³/mol. The Morgan fingerprint density at radius 2 is 1.69 bits per heavy atom. The highest BCUT2D eigenvalue weighted by atomic mass is 35.5. The van der Waals surface area contributed by atoms with Crippen molar-refractivity contribution in [2.45, 2.75) is 13.8 Å². The minimum Gasteiger partial charge on any atom is -0.451 e. The van der Waals surface area contributed by atoms with Crippen molar-refractivity contribution in [3.05, 3.63) is 64.4 Å². The summed E-state index contributed by atoms with van der Waals surface area (Å²) in [6, 6.07) is 13.9. The summed E-state index contributed by atoms with van der Waals surface area (Å²) in [5, 5.41) is 1.75. The van der Waals surface area contributed by atoms with Gasteiger partial charge < -0.3 is 14.2 Å². The van der Waals surface area contributed by atoms with Crippen molar-refractivity contribution in [1.82, 2.24) is 4.90 Å². The summed E-state index contributed by atoms with van der Waals surface area (Å²) in [4.78, 5) is 17.1. The number of rotatable bonds is 2. The van der Waals surface area contributed by atoms with Gasteiger partial charge in [0.15, 0.2) is 5.76 Å². The van der Waals surface area contributed by atoms with Gasteiger partial charge in [0.25, 0.3) is 5.91 Å². The summed E-state index contributed by atoms with van der Waals surface area (Å²) in [6.45, 7) is 6.93. The van der Waals surface area contributed by atoms with Gasteiger partial charge in [-0.1, -0.05) is 23.7 Å². The number of fused-ring (bicyclic) bond motifs is 1. The summed E-state index contributed by atoms with van der Waals surface area (Å²) >= 11 is 5.96. The number of hydrogen-bond acceptors (Lipinski definition) is 3. The first-order valence-corrected chi connectivity index (χ1v) is 9.20. The van der Waals surface area contributed by atoms with E-state index in [0.29, 0.717) is 18.8 Å². The van der Waals surface area contributed by atoms with Crippen LogP contribution in [0.25, 0.3) is 11.0 Å². The third kappa shape index (κ3) is 3.06. The summed E-state index contributed by atoms with van der Waals surface area (Å²) in [7, 11) is 0. The number of amides is 1. The molecule has 2 heterocycles. The molecule has 5 heteroatoms. The normalized spacial score (nSPS) is 14.9. The lowest BCUT2D eigenvalue weighted by Crippen LogP contribution is -2.48. The van der Waals surface area contributed by atoms with Gasteiger partial charge in [-0.3, -0.25) is 4.79 Å². The molecular weight excluding hydrogens is 348 g/mol. The molecule has 3 aromatic rings. The van der Waals surface area contributed by atoms with Crippen LogP contribution in [0.3, 0.4) is 0 Å². The Balaban J connectivity index is 1.50. The molecule has 0 saturated carbocycles. The molecule has 0 bridgehead atoms. The summed E-state index contributed by atoms with van der Waals surface area (Å²) < 4.78 is 5.90. The number of halogens is 1. The lowest BCUT2D eigenvalue weighted by Gasteiger charge is -2.35. The smallest absolute Gasteiger partial charge is 0.290 e. The molecule has 1 aromatic heterocycles. The van der Waals surface area contributed by atoms with Gasteiger partial charge in [0.1, 0.15) is 5.58 Å². The standard InChI is InChI=1S/C21H21ClN2O2/c1-14-3-8-18-15(2)20(26-19(18)13-14)21(25)24-11-9-23(10-12-24)17-6-4-16(22)5-7-17/h3-8,13H,9-12H2,1-2H3. The minimum absolute atomic E-state index is 0.0212. The number of anilines is 1. The first-order valence-electron chi connectivity index (χ1n) is 8.82. The molecule has 1 aliphatic rings. The van der Waals surface area contributed by atoms with Crippen LogP contribution in [0.4, 0.5) is 5.69 Å². The van der Waals surface area contributed by atoms with E-state index in [9.17, 15) is 4.79 Å². The van der Waals surface area contributed by atoms with Crippen LogP contribution in [0.15, 0.2) is 46.9 Å². The first kappa shape index (κ1) is 17.0. The molecular formula is C21H21ClN2O2. The summed E-state index contributed by atoms with van der Waals surface area (Å²) in [5.74, 6) is 0.442. The number of hydrogen-bond donors (Lipinski definition) is 0. The molecule has 0 unspecified atom stereocenters. The minimum atomic E-state index is -0.0212. The van der Waals surface area contributed by atoms with Crippen LogP contribution in [-0.4, -0.2) is 37.0 Å². The summed E-state index contributed by atoms with van der Waals surface area (Å²) in [5.41, 5.74) is 3.97. The fourth-order valence-corrected chi connectivity index (χ4v) is 3.63. The van der Waals surface area contributed by atoms with Gasteiger partial charge in [-0.05, 0) is 49.7 Å². The van der Waals surface area contributed by atoms with Crippen LogP contribution in [0.1, 0.15) is 21.7 Å². The number of piperazine rings is 1. The number of carbonyl (C=O) groups is 1. The maximum atomic E-state index is 13.0. The predicted octanol–water partition coefficient (Wildman–Crippen LogP) is 4.67. The van der Waals surface area contributed by atoms with Crippen molar-refractivity contribution in [3.63, 3.8) is 0 Å². The van der Waals surface area contributed by atoms with Crippen molar-refractivity contribution in [1.29, 1.82) is 0 Å². The van der Waals surface area contributed by atoms with E-state index >= 15 is 0 Å². The van der Waals surface area contributed by atoms with E-state index in [1.165, 1.54) is 0 Å². The monoisotopic (exact) mass is 368 g/mol. The first-order chi connectivity index (χ1) is 12.5. The van der Waals surface area contributed by atoms with Gasteiger partial charge in [0, 0.05) is 47.8 Å². The van der Waals surface area contributed by atoms with E-state index < -0.39 is 0 Å². The molecule has 0 atom stereocenters. The Kier molecular flexibility index (Phi) is 4.37. The maximum Gasteiger partial charge on any atom is 0.290 e. The molecule has 2 aromatic carbocycles. The number of aryl methyl sites for hydroxylation is 2. The zero-order valence-electron chi connectivity index (χ0n) is 15.0. The largest absolute Gasteiger partial charge is 0.451 e. The molecule has 4 rings (SSSR count). The molecule has 26 heavy (non-hydrogen) atoms. The van der Waals surface area contributed by atoms with Gasteiger partial charge in [-0.25, -0.2) is 0 Å². The second-order valence-electron chi connectivity index (χ2n) is 6.81. The Bertz CT molecular complexity index is 954. The fourth-order valence-electron chi connectivity index (χ4n) is 3.50. The molecule has 0 spiro atoms. The van der Waals surface area contributed by atoms with Crippen molar-refractivity contribution in [2.24, 2.45) is 0 Å². The van der Waals surface area contributed by atoms with E-state index in [1.54, 1.807) is 0 Å². The van der Waals surface area contributed by atoms with E-state index in [-0.39, 0.29) is 5.91 Å². The van der Waals surface area contributed by atoms with E-state index in [1.807, 2.05) is 61.2 Å². The lowest BCUT2D eigenvalue weighted by atomic mass is 10.1. The lowest BCUT2D eigenvalue weighted by molar-refractivity contribution is 0.0716. The topological polar surface area (TPSA) is 36.7 Å². The van der Waals surface area contributed by atoms with E-state index in [4.69, 9.17) is 16.0 Å². The van der Waals surface area contributed by atoms with Gasteiger partial charge in [0.05, 0.1) is 0 Å². The number of furan rings is 1. The molecule has 1 saturated heterocycles. The molecule has 1 aliphatic heterocycles. The molecule has 0 radical (unpaired) electrons. The highest BCUT2D eigenvalue weighted by Crippen LogP contribution is 2.28.